The standard InChI is InChI=1S/C16H21BFNO2.C12H24B2O4.C10H9BrFN.C9H6BrF.C2H2F3I/c1-6-19-8-7-12-13(9-11(18)10-14(12)19)17-20-15(2,3)16(4,5)21-17;1-9(2)10(3,4)16-13(15-9)14-17-11(5,6)12(7,8)18-14;1-2-13-4-3-8-9(11)5-7(12)6-10(8)13;10-9-5-7(11)4-6-2-1-3-8(6)9;3-2(4,5)1-6/h7-10H,6H2,1-5H3;1-8H3;3-6H,2H2,1H3;1,3-5H,2H2;1H2. The molecule has 0 radical (unpaired) electrons. The fraction of sp³-hybridized carbons (Fsp3) is 0.510. The van der Waals surface area contributed by atoms with Gasteiger partial charge in [-0.15, -0.1) is 0 Å². The number of aromatic nitrogens is 2. The first-order valence-electron chi connectivity index (χ1n) is 22.7. The molecule has 0 saturated carbocycles. The average molecular weight is 1210 g/mol. The topological polar surface area (TPSA) is 65.2 Å². The van der Waals surface area contributed by atoms with Crippen LogP contribution in [0.15, 0.2) is 75.9 Å². The lowest BCUT2D eigenvalue weighted by atomic mass is 9.49. The number of aryl methyl sites for hydroxylation is 2. The molecule has 0 unspecified atom stereocenters. The van der Waals surface area contributed by atoms with Crippen molar-refractivity contribution in [1.29, 1.82) is 0 Å². The van der Waals surface area contributed by atoms with Gasteiger partial charge in [0.15, 0.2) is 0 Å². The van der Waals surface area contributed by atoms with E-state index in [2.05, 4.69) is 31.9 Å². The first kappa shape index (κ1) is 57.6. The molecule has 5 aromatic rings. The highest BCUT2D eigenvalue weighted by atomic mass is 127. The number of rotatable bonds is 4. The van der Waals surface area contributed by atoms with E-state index in [0.29, 0.717) is 0 Å². The molecule has 1 aliphatic carbocycles. The first-order chi connectivity index (χ1) is 31.7. The maximum Gasteiger partial charge on any atom is 0.495 e. The highest BCUT2D eigenvalue weighted by Crippen LogP contribution is 2.43. The molecule has 69 heavy (non-hydrogen) atoms. The molecule has 4 aliphatic rings. The van der Waals surface area contributed by atoms with Crippen molar-refractivity contribution >= 4 is 109 Å². The summed E-state index contributed by atoms with van der Waals surface area (Å²) in [5.74, 6) is -0.632. The fourth-order valence-corrected chi connectivity index (χ4v) is 8.68. The van der Waals surface area contributed by atoms with E-state index in [-0.39, 0.29) is 39.9 Å². The highest BCUT2D eigenvalue weighted by Gasteiger charge is 2.63. The van der Waals surface area contributed by atoms with Gasteiger partial charge in [-0.25, -0.2) is 13.2 Å². The van der Waals surface area contributed by atoms with Crippen molar-refractivity contribution in [2.24, 2.45) is 0 Å². The van der Waals surface area contributed by atoms with Gasteiger partial charge in [0.25, 0.3) is 0 Å². The van der Waals surface area contributed by atoms with Gasteiger partial charge < -0.3 is 37.1 Å². The molecule has 20 heteroatoms. The van der Waals surface area contributed by atoms with E-state index in [1.807, 2.05) is 143 Å². The summed E-state index contributed by atoms with van der Waals surface area (Å²) in [4.78, 5) is 0. The van der Waals surface area contributed by atoms with Crippen molar-refractivity contribution in [3.63, 3.8) is 0 Å². The number of hydrogen-bond acceptors (Lipinski definition) is 6. The zero-order valence-corrected chi connectivity index (χ0v) is 47.1. The number of alkyl halides is 4. The Morgan fingerprint density at radius 2 is 0.957 bits per heavy atom. The van der Waals surface area contributed by atoms with Crippen molar-refractivity contribution in [3.05, 3.63) is 105 Å². The highest BCUT2D eigenvalue weighted by molar-refractivity contribution is 14.1. The summed E-state index contributed by atoms with van der Waals surface area (Å²) in [6, 6.07) is 13.2. The number of fused-ring (bicyclic) bond motifs is 3. The second-order valence-electron chi connectivity index (χ2n) is 20.1. The summed E-state index contributed by atoms with van der Waals surface area (Å²) in [6.07, 6.45) is 4.87. The Balaban J connectivity index is 0.000000169. The van der Waals surface area contributed by atoms with Gasteiger partial charge in [-0.2, -0.15) is 13.2 Å². The summed E-state index contributed by atoms with van der Waals surface area (Å²) in [5, 5.41) is 2.04. The molecule has 5 heterocycles. The van der Waals surface area contributed by atoms with Crippen LogP contribution in [0.4, 0.5) is 26.3 Å². The molecule has 3 saturated heterocycles. The first-order valence-corrected chi connectivity index (χ1v) is 25.9. The minimum atomic E-state index is -3.97. The minimum absolute atomic E-state index is 0.167. The van der Waals surface area contributed by atoms with Crippen molar-refractivity contribution < 1.29 is 54.3 Å². The summed E-state index contributed by atoms with van der Waals surface area (Å²) in [6.45, 7) is 30.0. The van der Waals surface area contributed by atoms with Crippen molar-refractivity contribution in [3.8, 4) is 0 Å². The molecule has 0 N–H and O–H groups in total. The lowest BCUT2D eigenvalue weighted by Crippen LogP contribution is -2.41. The van der Waals surface area contributed by atoms with Crippen LogP contribution in [0.25, 0.3) is 27.9 Å². The van der Waals surface area contributed by atoms with Gasteiger partial charge in [-0.1, -0.05) is 50.7 Å². The van der Waals surface area contributed by atoms with Gasteiger partial charge in [-0.3, -0.25) is 0 Å². The van der Waals surface area contributed by atoms with Crippen LogP contribution in [0.5, 0.6) is 0 Å². The normalized spacial score (nSPS) is 19.8. The molecule has 3 aromatic carbocycles. The third-order valence-electron chi connectivity index (χ3n) is 13.6. The van der Waals surface area contributed by atoms with Crippen LogP contribution in [0.1, 0.15) is 108 Å². The van der Waals surface area contributed by atoms with Gasteiger partial charge in [0.1, 0.15) is 17.5 Å². The van der Waals surface area contributed by atoms with Gasteiger partial charge >= 0.3 is 27.3 Å². The second kappa shape index (κ2) is 21.7. The minimum Gasteiger partial charge on any atom is -0.405 e. The van der Waals surface area contributed by atoms with E-state index in [9.17, 15) is 26.3 Å². The van der Waals surface area contributed by atoms with Crippen molar-refractivity contribution in [2.75, 3.05) is 4.43 Å². The molecule has 3 fully saturated rings. The van der Waals surface area contributed by atoms with E-state index in [4.69, 9.17) is 27.9 Å². The molecular formula is C49H62B3Br2F6IN2O6. The molecule has 0 amide bonds. The molecule has 9 rings (SSSR count). The largest absolute Gasteiger partial charge is 0.495 e. The number of allylic oxidation sites excluding steroid dienone is 1. The van der Waals surface area contributed by atoms with E-state index >= 15 is 0 Å². The number of hydrogen-bond donors (Lipinski definition) is 0. The van der Waals surface area contributed by atoms with Gasteiger partial charge in [0.05, 0.1) is 49.1 Å². The summed E-state index contributed by atoms with van der Waals surface area (Å²) in [7, 11) is -1.49. The number of nitrogens with zero attached hydrogens (tertiary/aromatic N) is 2. The van der Waals surface area contributed by atoms with Crippen LogP contribution >= 0.6 is 54.5 Å². The third kappa shape index (κ3) is 13.3. The lowest BCUT2D eigenvalue weighted by molar-refractivity contribution is -0.102. The molecule has 8 nitrogen and oxygen atoms in total. The molecule has 0 bridgehead atoms. The van der Waals surface area contributed by atoms with Crippen molar-refractivity contribution in [1.82, 2.24) is 9.13 Å². The van der Waals surface area contributed by atoms with E-state index in [1.165, 1.54) is 40.8 Å². The van der Waals surface area contributed by atoms with E-state index in [0.717, 1.165) is 66.9 Å². The Hall–Kier alpha value is -2.30. The summed E-state index contributed by atoms with van der Waals surface area (Å²) < 4.78 is 113. The Morgan fingerprint density at radius 3 is 1.39 bits per heavy atom. The van der Waals surface area contributed by atoms with Crippen molar-refractivity contribution in [2.45, 2.75) is 156 Å². The lowest BCUT2D eigenvalue weighted by Gasteiger charge is -2.32. The van der Waals surface area contributed by atoms with Crippen LogP contribution in [0, 0.1) is 17.5 Å². The molecule has 0 atom stereocenters. The van der Waals surface area contributed by atoms with Gasteiger partial charge in [-0.05, 0) is 190 Å². The summed E-state index contributed by atoms with van der Waals surface area (Å²) in [5.41, 5.74) is 2.47. The molecule has 2 aromatic heterocycles. The molecule has 3 aliphatic heterocycles. The SMILES string of the molecule is CC1(C)OB(B2OC(C)(C)C(C)(C)O2)OC1(C)C.CCn1ccc2c(B3OC(C)(C)C(C)(C)O3)cc(F)cc21.CCn1ccc2c(Br)cc(F)cc21.FC(F)(F)CI.Fc1cc(Br)c2c(c1)CC=C2. The maximum absolute atomic E-state index is 14.0. The quantitative estimate of drug-likeness (QED) is 0.0773. The predicted octanol–water partition coefficient (Wildman–Crippen LogP) is 14.1. The molecule has 376 valence electrons. The van der Waals surface area contributed by atoms with Crippen LogP contribution < -0.4 is 5.46 Å². The smallest absolute Gasteiger partial charge is 0.405 e. The maximum atomic E-state index is 14.0. The Kier molecular flexibility index (Phi) is 18.1. The zero-order chi connectivity index (χ0) is 51.9. The van der Waals surface area contributed by atoms with Crippen LogP contribution in [0.2, 0.25) is 0 Å². The van der Waals surface area contributed by atoms with E-state index in [1.54, 1.807) is 18.2 Å². The zero-order valence-electron chi connectivity index (χ0n) is 41.7. The second-order valence-corrected chi connectivity index (χ2v) is 22.6. The molecule has 0 spiro atoms. The summed E-state index contributed by atoms with van der Waals surface area (Å²) >= 11 is 7.91. The third-order valence-corrected chi connectivity index (χ3v) is 15.8. The van der Waals surface area contributed by atoms with E-state index < -0.39 is 42.9 Å². The number of halogens is 9. The van der Waals surface area contributed by atoms with Crippen LogP contribution in [-0.2, 0) is 47.4 Å². The Labute approximate surface area is 434 Å². The monoisotopic (exact) mass is 1210 g/mol. The van der Waals surface area contributed by atoms with Crippen LogP contribution in [-0.4, -0.2) is 74.5 Å². The van der Waals surface area contributed by atoms with Gasteiger partial charge in [0, 0.05) is 39.8 Å². The fourth-order valence-electron chi connectivity index (χ4n) is 7.52. The Bertz CT molecular complexity index is 2560. The Morgan fingerprint density at radius 1 is 0.580 bits per heavy atom. The van der Waals surface area contributed by atoms with Gasteiger partial charge in [0.2, 0.25) is 0 Å². The number of benzene rings is 3. The van der Waals surface area contributed by atoms with Crippen LogP contribution in [0.3, 0.4) is 0 Å². The average Bonchev–Trinajstić information content (AvgIpc) is 4.06. The predicted molar refractivity (Wildman–Crippen MR) is 282 cm³/mol. The molecular weight excluding hydrogens is 1150 g/mol.